The van der Waals surface area contributed by atoms with Gasteiger partial charge >= 0.3 is 0 Å². The zero-order valence-electron chi connectivity index (χ0n) is 10.7. The van der Waals surface area contributed by atoms with Gasteiger partial charge in [0.2, 0.25) is 0 Å². The van der Waals surface area contributed by atoms with E-state index in [2.05, 4.69) is 9.97 Å². The molecule has 2 aromatic rings. The standard InChI is InChI=1S/C13H16N2O2S/c1-8(16)6-9(2)18-13-14-11-5-4-10(17-3)7-12(11)15-13/h4-5,7,9H,6H2,1-3H3,(H,14,15). The number of ether oxygens (including phenoxy) is 1. The number of H-pyrrole nitrogens is 1. The smallest absolute Gasteiger partial charge is 0.166 e. The normalized spacial score (nSPS) is 12.6. The number of nitrogens with zero attached hydrogens (tertiary/aromatic N) is 1. The first-order chi connectivity index (χ1) is 8.58. The van der Waals surface area contributed by atoms with Crippen LogP contribution in [0.25, 0.3) is 11.0 Å². The predicted octanol–water partition coefficient (Wildman–Crippen LogP) is 3.03. The van der Waals surface area contributed by atoms with Crippen molar-refractivity contribution in [1.82, 2.24) is 9.97 Å². The third-order valence-corrected chi connectivity index (χ3v) is 3.54. The molecule has 0 spiro atoms. The number of Topliss-reactive ketones (excluding diaryl/α,β-unsaturated/α-hetero) is 1. The van der Waals surface area contributed by atoms with Crippen LogP contribution in [0.2, 0.25) is 0 Å². The van der Waals surface area contributed by atoms with E-state index >= 15 is 0 Å². The number of carbonyl (C=O) groups is 1. The van der Waals surface area contributed by atoms with Crippen molar-refractivity contribution in [2.24, 2.45) is 0 Å². The Labute approximate surface area is 110 Å². The molecule has 0 aliphatic heterocycles. The van der Waals surface area contributed by atoms with Crippen molar-refractivity contribution in [3.8, 4) is 5.75 Å². The Hall–Kier alpha value is -1.49. The molecule has 1 N–H and O–H groups in total. The summed E-state index contributed by atoms with van der Waals surface area (Å²) in [5.41, 5.74) is 1.86. The lowest BCUT2D eigenvalue weighted by Crippen LogP contribution is -2.03. The zero-order valence-corrected chi connectivity index (χ0v) is 11.5. The van der Waals surface area contributed by atoms with Crippen molar-refractivity contribution in [2.75, 3.05) is 7.11 Å². The molecule has 1 heterocycles. The molecule has 0 saturated carbocycles. The van der Waals surface area contributed by atoms with Crippen molar-refractivity contribution in [2.45, 2.75) is 30.7 Å². The average Bonchev–Trinajstić information content (AvgIpc) is 2.68. The van der Waals surface area contributed by atoms with Gasteiger partial charge in [-0.15, -0.1) is 0 Å². The number of hydrogen-bond acceptors (Lipinski definition) is 4. The van der Waals surface area contributed by atoms with Gasteiger partial charge in [0.05, 0.1) is 18.1 Å². The second-order valence-electron chi connectivity index (χ2n) is 4.26. The van der Waals surface area contributed by atoms with Gasteiger partial charge in [-0.25, -0.2) is 4.98 Å². The average molecular weight is 264 g/mol. The van der Waals surface area contributed by atoms with Gasteiger partial charge in [0.25, 0.3) is 0 Å². The Bertz CT molecular complexity index is 565. The molecule has 4 nitrogen and oxygen atoms in total. The van der Waals surface area contributed by atoms with Crippen LogP contribution in [0.1, 0.15) is 20.3 Å². The van der Waals surface area contributed by atoms with Gasteiger partial charge in [-0.05, 0) is 19.1 Å². The molecule has 1 aromatic heterocycles. The Morgan fingerprint density at radius 3 is 3.00 bits per heavy atom. The predicted molar refractivity (Wildman–Crippen MR) is 73.3 cm³/mol. The van der Waals surface area contributed by atoms with Crippen LogP contribution in [-0.4, -0.2) is 28.1 Å². The minimum Gasteiger partial charge on any atom is -0.497 e. The van der Waals surface area contributed by atoms with Crippen molar-refractivity contribution in [1.29, 1.82) is 0 Å². The van der Waals surface area contributed by atoms with Crippen molar-refractivity contribution < 1.29 is 9.53 Å². The maximum atomic E-state index is 11.0. The molecule has 0 saturated heterocycles. The summed E-state index contributed by atoms with van der Waals surface area (Å²) in [6.07, 6.45) is 0.561. The van der Waals surface area contributed by atoms with Gasteiger partial charge in [0, 0.05) is 17.7 Å². The first kappa shape index (κ1) is 13.0. The molecular formula is C13H16N2O2S. The number of benzene rings is 1. The number of carbonyl (C=O) groups excluding carboxylic acids is 1. The lowest BCUT2D eigenvalue weighted by Gasteiger charge is -2.05. The highest BCUT2D eigenvalue weighted by molar-refractivity contribution is 7.99. The number of thioether (sulfide) groups is 1. The summed E-state index contributed by atoms with van der Waals surface area (Å²) in [6, 6.07) is 5.73. The Morgan fingerprint density at radius 1 is 1.56 bits per heavy atom. The first-order valence-corrected chi connectivity index (χ1v) is 6.66. The molecule has 0 aliphatic rings. The van der Waals surface area contributed by atoms with E-state index in [4.69, 9.17) is 4.74 Å². The summed E-state index contributed by atoms with van der Waals surface area (Å²) in [5, 5.41) is 1.07. The van der Waals surface area contributed by atoms with Crippen LogP contribution in [0.3, 0.4) is 0 Å². The Morgan fingerprint density at radius 2 is 2.33 bits per heavy atom. The number of rotatable bonds is 5. The number of aromatic nitrogens is 2. The van der Waals surface area contributed by atoms with E-state index in [1.807, 2.05) is 25.1 Å². The van der Waals surface area contributed by atoms with E-state index < -0.39 is 0 Å². The van der Waals surface area contributed by atoms with Gasteiger partial charge in [-0.1, -0.05) is 18.7 Å². The van der Waals surface area contributed by atoms with E-state index in [1.54, 1.807) is 25.8 Å². The van der Waals surface area contributed by atoms with Crippen LogP contribution in [-0.2, 0) is 4.79 Å². The van der Waals surface area contributed by atoms with Gasteiger partial charge in [0.15, 0.2) is 5.16 Å². The zero-order chi connectivity index (χ0) is 13.1. The van der Waals surface area contributed by atoms with Crippen molar-refractivity contribution >= 4 is 28.6 Å². The summed E-state index contributed by atoms with van der Waals surface area (Å²) in [4.78, 5) is 18.8. The Kier molecular flexibility index (Phi) is 3.91. The summed E-state index contributed by atoms with van der Waals surface area (Å²) in [5.74, 6) is 1.01. The van der Waals surface area contributed by atoms with Crippen LogP contribution in [0.5, 0.6) is 5.75 Å². The van der Waals surface area contributed by atoms with Crippen LogP contribution in [0.4, 0.5) is 0 Å². The van der Waals surface area contributed by atoms with Crippen molar-refractivity contribution in [3.63, 3.8) is 0 Å². The number of ketones is 1. The summed E-state index contributed by atoms with van der Waals surface area (Å²) in [7, 11) is 1.64. The molecule has 5 heteroatoms. The molecule has 0 fully saturated rings. The van der Waals surface area contributed by atoms with Gasteiger partial charge in [-0.2, -0.15) is 0 Å². The third-order valence-electron chi connectivity index (χ3n) is 2.56. The molecule has 96 valence electrons. The van der Waals surface area contributed by atoms with E-state index in [0.717, 1.165) is 21.9 Å². The largest absolute Gasteiger partial charge is 0.497 e. The number of aromatic amines is 1. The van der Waals surface area contributed by atoms with Gasteiger partial charge < -0.3 is 9.72 Å². The Balaban J connectivity index is 2.17. The van der Waals surface area contributed by atoms with Gasteiger partial charge in [-0.3, -0.25) is 4.79 Å². The second-order valence-corrected chi connectivity index (χ2v) is 5.69. The second kappa shape index (κ2) is 5.44. The van der Waals surface area contributed by atoms with Crippen molar-refractivity contribution in [3.05, 3.63) is 18.2 Å². The fourth-order valence-corrected chi connectivity index (χ4v) is 2.80. The summed E-state index contributed by atoms with van der Waals surface area (Å²) >= 11 is 1.58. The molecule has 0 radical (unpaired) electrons. The van der Waals surface area contributed by atoms with E-state index in [1.165, 1.54) is 0 Å². The van der Waals surface area contributed by atoms with Crippen LogP contribution in [0, 0.1) is 0 Å². The number of imidazole rings is 1. The lowest BCUT2D eigenvalue weighted by molar-refractivity contribution is -0.116. The number of fused-ring (bicyclic) bond motifs is 1. The molecule has 0 amide bonds. The monoisotopic (exact) mass is 264 g/mol. The quantitative estimate of drug-likeness (QED) is 0.843. The first-order valence-electron chi connectivity index (χ1n) is 5.78. The molecular weight excluding hydrogens is 248 g/mol. The van der Waals surface area contributed by atoms with E-state index in [0.29, 0.717) is 6.42 Å². The molecule has 18 heavy (non-hydrogen) atoms. The minimum atomic E-state index is 0.202. The number of hydrogen-bond donors (Lipinski definition) is 1. The summed E-state index contributed by atoms with van der Waals surface area (Å²) in [6.45, 7) is 3.64. The maximum Gasteiger partial charge on any atom is 0.166 e. The highest BCUT2D eigenvalue weighted by atomic mass is 32.2. The maximum absolute atomic E-state index is 11.0. The molecule has 1 unspecified atom stereocenters. The highest BCUT2D eigenvalue weighted by Crippen LogP contribution is 2.26. The van der Waals surface area contributed by atoms with Crippen LogP contribution in [0.15, 0.2) is 23.4 Å². The van der Waals surface area contributed by atoms with E-state index in [9.17, 15) is 4.79 Å². The fraction of sp³-hybridized carbons (Fsp3) is 0.385. The fourth-order valence-electron chi connectivity index (χ4n) is 1.79. The topological polar surface area (TPSA) is 55.0 Å². The lowest BCUT2D eigenvalue weighted by atomic mass is 10.2. The minimum absolute atomic E-state index is 0.202. The molecule has 0 bridgehead atoms. The van der Waals surface area contributed by atoms with Crippen LogP contribution < -0.4 is 4.74 Å². The third kappa shape index (κ3) is 3.04. The SMILES string of the molecule is COc1ccc2nc(SC(C)CC(C)=O)[nH]c2c1. The van der Waals surface area contributed by atoms with E-state index in [-0.39, 0.29) is 11.0 Å². The number of nitrogens with one attached hydrogen (secondary N) is 1. The highest BCUT2D eigenvalue weighted by Gasteiger charge is 2.11. The van der Waals surface area contributed by atoms with Gasteiger partial charge in [0.1, 0.15) is 11.5 Å². The van der Waals surface area contributed by atoms with Crippen LogP contribution >= 0.6 is 11.8 Å². The molecule has 1 atom stereocenters. The number of methoxy groups -OCH3 is 1. The molecule has 1 aromatic carbocycles. The molecule has 0 aliphatic carbocycles. The molecule has 2 rings (SSSR count). The summed E-state index contributed by atoms with van der Waals surface area (Å²) < 4.78 is 5.17.